The van der Waals surface area contributed by atoms with Gasteiger partial charge < -0.3 is 15.2 Å². The number of halogens is 2. The molecule has 19 heavy (non-hydrogen) atoms. The van der Waals surface area contributed by atoms with Crippen molar-refractivity contribution in [2.45, 2.75) is 18.9 Å². The predicted octanol–water partition coefficient (Wildman–Crippen LogP) is 3.04. The third-order valence-corrected chi connectivity index (χ3v) is 4.01. The molecule has 1 saturated heterocycles. The Morgan fingerprint density at radius 1 is 1.32 bits per heavy atom. The van der Waals surface area contributed by atoms with Gasteiger partial charge in [0.25, 0.3) is 0 Å². The molecule has 2 N–H and O–H groups in total. The van der Waals surface area contributed by atoms with E-state index in [4.69, 9.17) is 27.9 Å². The zero-order valence-corrected chi connectivity index (χ0v) is 12.3. The molecule has 2 rings (SSSR count). The summed E-state index contributed by atoms with van der Waals surface area (Å²) in [4.78, 5) is 0. The summed E-state index contributed by atoms with van der Waals surface area (Å²) in [7, 11) is 0. The van der Waals surface area contributed by atoms with E-state index in [1.165, 1.54) is 0 Å². The molecule has 0 aliphatic carbocycles. The molecular weight excluding hydrogens is 285 g/mol. The summed E-state index contributed by atoms with van der Waals surface area (Å²) in [6.07, 6.45) is 1.54. The van der Waals surface area contributed by atoms with E-state index < -0.39 is 6.10 Å². The van der Waals surface area contributed by atoms with Crippen molar-refractivity contribution in [2.75, 3.05) is 26.3 Å². The normalized spacial score (nSPS) is 18.5. The fraction of sp³-hybridized carbons (Fsp3) is 0.571. The van der Waals surface area contributed by atoms with E-state index >= 15 is 0 Å². The Hall–Kier alpha value is -0.320. The van der Waals surface area contributed by atoms with E-state index in [2.05, 4.69) is 5.32 Å². The summed E-state index contributed by atoms with van der Waals surface area (Å²) < 4.78 is 5.32. The van der Waals surface area contributed by atoms with Gasteiger partial charge in [-0.15, -0.1) is 0 Å². The van der Waals surface area contributed by atoms with Crippen LogP contribution in [0.25, 0.3) is 0 Å². The number of nitrogens with one attached hydrogen (secondary N) is 1. The number of hydrogen-bond acceptors (Lipinski definition) is 3. The Morgan fingerprint density at radius 3 is 2.79 bits per heavy atom. The molecule has 1 aliphatic rings. The summed E-state index contributed by atoms with van der Waals surface area (Å²) in [5.74, 6) is 0.635. The molecule has 0 saturated carbocycles. The Morgan fingerprint density at radius 2 is 2.05 bits per heavy atom. The van der Waals surface area contributed by atoms with Crippen molar-refractivity contribution in [2.24, 2.45) is 5.92 Å². The maximum absolute atomic E-state index is 10.1. The first kappa shape index (κ1) is 15.1. The Labute approximate surface area is 123 Å². The van der Waals surface area contributed by atoms with Gasteiger partial charge in [0.1, 0.15) is 0 Å². The SMILES string of the molecule is OC(CNCC1CCOCC1)c1cc(Cl)ccc1Cl. The molecule has 1 aliphatic heterocycles. The van der Waals surface area contributed by atoms with Crippen LogP contribution in [-0.2, 0) is 4.74 Å². The lowest BCUT2D eigenvalue weighted by atomic mass is 10.0. The van der Waals surface area contributed by atoms with Crippen molar-refractivity contribution in [3.8, 4) is 0 Å². The maximum atomic E-state index is 10.1. The smallest absolute Gasteiger partial charge is 0.0929 e. The first-order valence-electron chi connectivity index (χ1n) is 6.58. The van der Waals surface area contributed by atoms with Crippen molar-refractivity contribution >= 4 is 23.2 Å². The largest absolute Gasteiger partial charge is 0.387 e. The molecule has 106 valence electrons. The summed E-state index contributed by atoms with van der Waals surface area (Å²) in [5.41, 5.74) is 0.675. The van der Waals surface area contributed by atoms with Gasteiger partial charge in [-0.2, -0.15) is 0 Å². The van der Waals surface area contributed by atoms with Crippen molar-refractivity contribution in [1.82, 2.24) is 5.32 Å². The highest BCUT2D eigenvalue weighted by Crippen LogP contribution is 2.26. The molecule has 0 aromatic heterocycles. The molecule has 0 spiro atoms. The van der Waals surface area contributed by atoms with Crippen LogP contribution in [0.1, 0.15) is 24.5 Å². The van der Waals surface area contributed by atoms with Gasteiger partial charge in [-0.1, -0.05) is 23.2 Å². The van der Waals surface area contributed by atoms with Gasteiger partial charge in [0.05, 0.1) is 6.10 Å². The van der Waals surface area contributed by atoms with Gasteiger partial charge >= 0.3 is 0 Å². The van der Waals surface area contributed by atoms with Gasteiger partial charge in [0.2, 0.25) is 0 Å². The number of hydrogen-bond donors (Lipinski definition) is 2. The fourth-order valence-electron chi connectivity index (χ4n) is 2.25. The minimum Gasteiger partial charge on any atom is -0.387 e. The average molecular weight is 304 g/mol. The molecule has 3 nitrogen and oxygen atoms in total. The topological polar surface area (TPSA) is 41.5 Å². The fourth-order valence-corrected chi connectivity index (χ4v) is 2.68. The first-order valence-corrected chi connectivity index (χ1v) is 7.34. The van der Waals surface area contributed by atoms with Gasteiger partial charge in [-0.3, -0.25) is 0 Å². The molecule has 1 atom stereocenters. The van der Waals surface area contributed by atoms with E-state index in [-0.39, 0.29) is 0 Å². The average Bonchev–Trinajstić information content (AvgIpc) is 2.42. The van der Waals surface area contributed by atoms with E-state index in [0.29, 0.717) is 28.1 Å². The van der Waals surface area contributed by atoms with Crippen molar-refractivity contribution in [1.29, 1.82) is 0 Å². The number of aliphatic hydroxyl groups excluding tert-OH is 1. The molecule has 0 amide bonds. The molecule has 1 aromatic rings. The van der Waals surface area contributed by atoms with Gasteiger partial charge in [-0.05, 0) is 43.5 Å². The number of ether oxygens (including phenoxy) is 1. The molecule has 1 heterocycles. The van der Waals surface area contributed by atoms with Crippen LogP contribution in [0.3, 0.4) is 0 Å². The van der Waals surface area contributed by atoms with Crippen LogP contribution >= 0.6 is 23.2 Å². The highest BCUT2D eigenvalue weighted by Gasteiger charge is 2.15. The zero-order chi connectivity index (χ0) is 13.7. The van der Waals surface area contributed by atoms with Crippen molar-refractivity contribution in [3.05, 3.63) is 33.8 Å². The lowest BCUT2D eigenvalue weighted by Gasteiger charge is -2.23. The second-order valence-electron chi connectivity index (χ2n) is 4.90. The van der Waals surface area contributed by atoms with Gasteiger partial charge in [0, 0.05) is 35.4 Å². The summed E-state index contributed by atoms with van der Waals surface area (Å²) in [6.45, 7) is 3.07. The van der Waals surface area contributed by atoms with Crippen LogP contribution in [-0.4, -0.2) is 31.4 Å². The zero-order valence-electron chi connectivity index (χ0n) is 10.7. The maximum Gasteiger partial charge on any atom is 0.0929 e. The molecular formula is C14H19Cl2NO2. The highest BCUT2D eigenvalue weighted by atomic mass is 35.5. The van der Waals surface area contributed by atoms with Crippen LogP contribution in [0, 0.1) is 5.92 Å². The third kappa shape index (κ3) is 4.62. The number of aliphatic hydroxyl groups is 1. The van der Waals surface area contributed by atoms with Crippen LogP contribution in [0.5, 0.6) is 0 Å². The molecule has 0 bridgehead atoms. The van der Waals surface area contributed by atoms with E-state index in [0.717, 1.165) is 32.6 Å². The van der Waals surface area contributed by atoms with Crippen LogP contribution in [0.2, 0.25) is 10.0 Å². The molecule has 1 unspecified atom stereocenters. The summed E-state index contributed by atoms with van der Waals surface area (Å²) >= 11 is 12.0. The monoisotopic (exact) mass is 303 g/mol. The van der Waals surface area contributed by atoms with E-state index in [1.807, 2.05) is 0 Å². The molecule has 1 fully saturated rings. The van der Waals surface area contributed by atoms with Crippen LogP contribution in [0.15, 0.2) is 18.2 Å². The third-order valence-electron chi connectivity index (χ3n) is 3.43. The lowest BCUT2D eigenvalue weighted by Crippen LogP contribution is -2.30. The minimum absolute atomic E-state index is 0.484. The quantitative estimate of drug-likeness (QED) is 0.878. The van der Waals surface area contributed by atoms with Crippen molar-refractivity contribution < 1.29 is 9.84 Å². The van der Waals surface area contributed by atoms with Crippen LogP contribution < -0.4 is 5.32 Å². The second kappa shape index (κ2) is 7.46. The summed E-state index contributed by atoms with van der Waals surface area (Å²) in [6, 6.07) is 5.14. The second-order valence-corrected chi connectivity index (χ2v) is 5.74. The lowest BCUT2D eigenvalue weighted by molar-refractivity contribution is 0.0649. The van der Waals surface area contributed by atoms with Gasteiger partial charge in [0.15, 0.2) is 0 Å². The summed E-state index contributed by atoms with van der Waals surface area (Å²) in [5, 5.41) is 14.5. The number of rotatable bonds is 5. The predicted molar refractivity (Wildman–Crippen MR) is 77.8 cm³/mol. The van der Waals surface area contributed by atoms with Crippen LogP contribution in [0.4, 0.5) is 0 Å². The Balaban J connectivity index is 1.80. The Kier molecular flexibility index (Phi) is 5.92. The molecule has 1 aromatic carbocycles. The molecule has 5 heteroatoms. The van der Waals surface area contributed by atoms with E-state index in [1.54, 1.807) is 18.2 Å². The van der Waals surface area contributed by atoms with Gasteiger partial charge in [-0.25, -0.2) is 0 Å². The first-order chi connectivity index (χ1) is 9.16. The van der Waals surface area contributed by atoms with E-state index in [9.17, 15) is 5.11 Å². The number of benzene rings is 1. The van der Waals surface area contributed by atoms with Crippen molar-refractivity contribution in [3.63, 3.8) is 0 Å². The standard InChI is InChI=1S/C14H19Cl2NO2/c15-11-1-2-13(16)12(7-11)14(18)9-17-8-10-3-5-19-6-4-10/h1-2,7,10,14,17-18H,3-6,8-9H2. The Bertz CT molecular complexity index is 408. The minimum atomic E-state index is -0.633. The highest BCUT2D eigenvalue weighted by molar-refractivity contribution is 6.33. The molecule has 0 radical (unpaired) electrons.